The Morgan fingerprint density at radius 1 is 1.50 bits per heavy atom. The van der Waals surface area contributed by atoms with Crippen LogP contribution in [0.4, 0.5) is 0 Å². The molecule has 2 atom stereocenters. The zero-order valence-corrected chi connectivity index (χ0v) is 11.5. The van der Waals surface area contributed by atoms with Gasteiger partial charge in [0.2, 0.25) is 0 Å². The average molecular weight is 257 g/mol. The standard InChI is InChI=1S/C13H23NO4/c1-4-10(2)14(8-7-12(15)17-3)13(16)11-6-5-9-18-11/h10-11H,4-9H2,1-3H3. The largest absolute Gasteiger partial charge is 0.469 e. The van der Waals surface area contributed by atoms with Gasteiger partial charge in [0.15, 0.2) is 0 Å². The molecule has 0 aromatic heterocycles. The maximum absolute atomic E-state index is 12.3. The van der Waals surface area contributed by atoms with E-state index in [0.717, 1.165) is 19.3 Å². The summed E-state index contributed by atoms with van der Waals surface area (Å²) in [6.45, 7) is 5.07. The molecule has 0 aliphatic carbocycles. The number of esters is 1. The van der Waals surface area contributed by atoms with Crippen molar-refractivity contribution in [3.8, 4) is 0 Å². The molecule has 1 amide bonds. The smallest absolute Gasteiger partial charge is 0.307 e. The minimum absolute atomic E-state index is 0.00533. The van der Waals surface area contributed by atoms with Gasteiger partial charge in [-0.05, 0) is 26.2 Å². The molecule has 0 saturated carbocycles. The van der Waals surface area contributed by atoms with Gasteiger partial charge in [-0.3, -0.25) is 9.59 Å². The van der Waals surface area contributed by atoms with Crippen LogP contribution < -0.4 is 0 Å². The summed E-state index contributed by atoms with van der Waals surface area (Å²) in [4.78, 5) is 25.2. The Labute approximate surface area is 108 Å². The molecule has 0 bridgehead atoms. The van der Waals surface area contributed by atoms with E-state index < -0.39 is 0 Å². The topological polar surface area (TPSA) is 55.8 Å². The molecular formula is C13H23NO4. The summed E-state index contributed by atoms with van der Waals surface area (Å²) in [5.74, 6) is -0.283. The lowest BCUT2D eigenvalue weighted by atomic mass is 10.1. The minimum atomic E-state index is -0.323. The highest BCUT2D eigenvalue weighted by atomic mass is 16.5. The van der Waals surface area contributed by atoms with Gasteiger partial charge in [-0.25, -0.2) is 0 Å². The molecule has 5 nitrogen and oxygen atoms in total. The van der Waals surface area contributed by atoms with Gasteiger partial charge in [0, 0.05) is 19.2 Å². The summed E-state index contributed by atoms with van der Waals surface area (Å²) < 4.78 is 10.0. The van der Waals surface area contributed by atoms with Crippen molar-refractivity contribution in [3.63, 3.8) is 0 Å². The second-order valence-electron chi connectivity index (χ2n) is 4.62. The summed E-state index contributed by atoms with van der Waals surface area (Å²) in [5, 5.41) is 0. The number of carbonyl (C=O) groups excluding carboxylic acids is 2. The van der Waals surface area contributed by atoms with Gasteiger partial charge in [-0.15, -0.1) is 0 Å². The van der Waals surface area contributed by atoms with Crippen LogP contribution >= 0.6 is 0 Å². The molecule has 0 spiro atoms. The number of ether oxygens (including phenoxy) is 2. The van der Waals surface area contributed by atoms with E-state index in [1.165, 1.54) is 7.11 Å². The molecule has 104 valence electrons. The number of carbonyl (C=O) groups is 2. The zero-order chi connectivity index (χ0) is 13.5. The molecular weight excluding hydrogens is 234 g/mol. The molecule has 0 aromatic carbocycles. The van der Waals surface area contributed by atoms with E-state index in [2.05, 4.69) is 4.74 Å². The van der Waals surface area contributed by atoms with Crippen LogP contribution in [0.5, 0.6) is 0 Å². The van der Waals surface area contributed by atoms with E-state index in [0.29, 0.717) is 13.2 Å². The SMILES string of the molecule is CCC(C)N(CCC(=O)OC)C(=O)C1CCCO1. The fourth-order valence-electron chi connectivity index (χ4n) is 2.04. The third-order valence-electron chi connectivity index (χ3n) is 3.40. The maximum Gasteiger partial charge on any atom is 0.307 e. The molecule has 1 rings (SSSR count). The van der Waals surface area contributed by atoms with Crippen molar-refractivity contribution in [1.29, 1.82) is 0 Å². The quantitative estimate of drug-likeness (QED) is 0.674. The second-order valence-corrected chi connectivity index (χ2v) is 4.62. The lowest BCUT2D eigenvalue weighted by molar-refractivity contribution is -0.146. The molecule has 0 aromatic rings. The molecule has 0 radical (unpaired) electrons. The highest BCUT2D eigenvalue weighted by molar-refractivity contribution is 5.82. The number of hydrogen-bond donors (Lipinski definition) is 0. The average Bonchev–Trinajstić information content (AvgIpc) is 2.91. The third kappa shape index (κ3) is 3.98. The Bertz CT molecular complexity index is 287. The van der Waals surface area contributed by atoms with Gasteiger partial charge in [0.05, 0.1) is 13.5 Å². The monoisotopic (exact) mass is 257 g/mol. The van der Waals surface area contributed by atoms with Crippen LogP contribution in [0.2, 0.25) is 0 Å². The van der Waals surface area contributed by atoms with Crippen LogP contribution in [0.25, 0.3) is 0 Å². The summed E-state index contributed by atoms with van der Waals surface area (Å²) >= 11 is 0. The fraction of sp³-hybridized carbons (Fsp3) is 0.846. The van der Waals surface area contributed by atoms with E-state index in [-0.39, 0.29) is 30.4 Å². The maximum atomic E-state index is 12.3. The molecule has 5 heteroatoms. The van der Waals surface area contributed by atoms with E-state index in [1.54, 1.807) is 4.90 Å². The molecule has 1 heterocycles. The lowest BCUT2D eigenvalue weighted by Gasteiger charge is -2.30. The van der Waals surface area contributed by atoms with Crippen molar-refractivity contribution < 1.29 is 19.1 Å². The Morgan fingerprint density at radius 3 is 2.72 bits per heavy atom. The van der Waals surface area contributed by atoms with E-state index in [4.69, 9.17) is 4.74 Å². The number of amides is 1. The van der Waals surface area contributed by atoms with Crippen molar-refractivity contribution in [3.05, 3.63) is 0 Å². The van der Waals surface area contributed by atoms with Gasteiger partial charge >= 0.3 is 5.97 Å². The molecule has 1 saturated heterocycles. The van der Waals surface area contributed by atoms with E-state index >= 15 is 0 Å². The van der Waals surface area contributed by atoms with Gasteiger partial charge in [-0.1, -0.05) is 6.92 Å². The van der Waals surface area contributed by atoms with Crippen LogP contribution in [-0.4, -0.2) is 49.2 Å². The van der Waals surface area contributed by atoms with Crippen LogP contribution in [0.3, 0.4) is 0 Å². The molecule has 1 aliphatic heterocycles. The Morgan fingerprint density at radius 2 is 2.22 bits per heavy atom. The lowest BCUT2D eigenvalue weighted by Crippen LogP contribution is -2.45. The third-order valence-corrected chi connectivity index (χ3v) is 3.40. The first-order chi connectivity index (χ1) is 8.60. The normalized spacial score (nSPS) is 20.5. The summed E-state index contributed by atoms with van der Waals surface area (Å²) in [6, 6.07) is 0.117. The van der Waals surface area contributed by atoms with Crippen LogP contribution in [-0.2, 0) is 19.1 Å². The Balaban J connectivity index is 2.59. The second kappa shape index (κ2) is 7.36. The molecule has 1 fully saturated rings. The summed E-state index contributed by atoms with van der Waals surface area (Å²) in [6.07, 6.45) is 2.49. The van der Waals surface area contributed by atoms with Gasteiger partial charge in [0.1, 0.15) is 6.10 Å². The fourth-order valence-corrected chi connectivity index (χ4v) is 2.04. The summed E-state index contributed by atoms with van der Waals surface area (Å²) in [5.41, 5.74) is 0. The van der Waals surface area contributed by atoms with Gasteiger partial charge in [0.25, 0.3) is 5.91 Å². The minimum Gasteiger partial charge on any atom is -0.469 e. The molecule has 1 aliphatic rings. The van der Waals surface area contributed by atoms with E-state index in [1.807, 2.05) is 13.8 Å². The number of nitrogens with zero attached hydrogens (tertiary/aromatic N) is 1. The number of methoxy groups -OCH3 is 1. The predicted molar refractivity (Wildman–Crippen MR) is 67.1 cm³/mol. The van der Waals surface area contributed by atoms with Crippen molar-refractivity contribution in [1.82, 2.24) is 4.90 Å². The number of hydrogen-bond acceptors (Lipinski definition) is 4. The van der Waals surface area contributed by atoms with E-state index in [9.17, 15) is 9.59 Å². The van der Waals surface area contributed by atoms with Crippen molar-refractivity contribution in [2.24, 2.45) is 0 Å². The van der Waals surface area contributed by atoms with Gasteiger partial charge < -0.3 is 14.4 Å². The first-order valence-electron chi connectivity index (χ1n) is 6.59. The highest BCUT2D eigenvalue weighted by Crippen LogP contribution is 2.17. The molecule has 0 N–H and O–H groups in total. The van der Waals surface area contributed by atoms with Crippen molar-refractivity contribution in [2.75, 3.05) is 20.3 Å². The van der Waals surface area contributed by atoms with Crippen molar-refractivity contribution >= 4 is 11.9 Å². The first-order valence-corrected chi connectivity index (χ1v) is 6.59. The summed E-state index contributed by atoms with van der Waals surface area (Å²) in [7, 11) is 1.36. The first kappa shape index (κ1) is 15.0. The Kier molecular flexibility index (Phi) is 6.12. The van der Waals surface area contributed by atoms with Crippen molar-refractivity contribution in [2.45, 2.75) is 51.7 Å². The molecule has 2 unspecified atom stereocenters. The van der Waals surface area contributed by atoms with Gasteiger partial charge in [-0.2, -0.15) is 0 Å². The predicted octanol–water partition coefficient (Wildman–Crippen LogP) is 1.36. The van der Waals surface area contributed by atoms with Crippen LogP contribution in [0.15, 0.2) is 0 Å². The molecule has 18 heavy (non-hydrogen) atoms. The van der Waals surface area contributed by atoms with Crippen LogP contribution in [0.1, 0.15) is 39.5 Å². The Hall–Kier alpha value is -1.10. The number of rotatable bonds is 6. The highest BCUT2D eigenvalue weighted by Gasteiger charge is 2.30. The van der Waals surface area contributed by atoms with Crippen LogP contribution in [0, 0.1) is 0 Å². The zero-order valence-electron chi connectivity index (χ0n) is 11.5.